The molecule has 5 heteroatoms. The average Bonchev–Trinajstić information content (AvgIpc) is 2.32. The number of carbonyl (C=O) groups is 1. The molecule has 0 bridgehead atoms. The van der Waals surface area contributed by atoms with Crippen LogP contribution in [0.1, 0.15) is 22.8 Å². The summed E-state index contributed by atoms with van der Waals surface area (Å²) in [6.45, 7) is 6.61. The molecule has 1 aromatic rings. The van der Waals surface area contributed by atoms with Gasteiger partial charge in [-0.15, -0.1) is 12.4 Å². The number of hydrogen-bond donors (Lipinski definition) is 1. The van der Waals surface area contributed by atoms with Crippen molar-refractivity contribution in [1.82, 2.24) is 10.2 Å². The Balaban J connectivity index is 0.00000162. The molecule has 18 heavy (non-hydrogen) atoms. The van der Waals surface area contributed by atoms with Gasteiger partial charge >= 0.3 is 0 Å². The highest BCUT2D eigenvalue weighted by molar-refractivity contribution is 14.1. The van der Waals surface area contributed by atoms with Crippen LogP contribution in [0.3, 0.4) is 0 Å². The standard InChI is InChI=1S/C13H17IN2O.ClH/c1-9-8-16(7-6-15-9)13(17)11-4-3-5-12(14)10(11)2;/h3-5,9,15H,6-8H2,1-2H3;1H. The summed E-state index contributed by atoms with van der Waals surface area (Å²) in [5.41, 5.74) is 1.93. The van der Waals surface area contributed by atoms with Crippen molar-refractivity contribution >= 4 is 40.9 Å². The number of benzene rings is 1. The first kappa shape index (κ1) is 15.7. The van der Waals surface area contributed by atoms with Crippen LogP contribution in [0.5, 0.6) is 0 Å². The second-order valence-corrected chi connectivity index (χ2v) is 5.68. The molecule has 1 N–H and O–H groups in total. The molecule has 1 unspecified atom stereocenters. The van der Waals surface area contributed by atoms with Crippen molar-refractivity contribution in [2.24, 2.45) is 0 Å². The number of nitrogens with zero attached hydrogens (tertiary/aromatic N) is 1. The molecule has 100 valence electrons. The van der Waals surface area contributed by atoms with E-state index in [1.165, 1.54) is 0 Å². The van der Waals surface area contributed by atoms with E-state index in [0.717, 1.165) is 34.3 Å². The highest BCUT2D eigenvalue weighted by Gasteiger charge is 2.22. The zero-order chi connectivity index (χ0) is 12.4. The number of nitrogens with one attached hydrogen (secondary N) is 1. The molecule has 1 amide bonds. The molecule has 1 saturated heterocycles. The molecule has 1 heterocycles. The molecule has 1 aromatic carbocycles. The van der Waals surface area contributed by atoms with Crippen molar-refractivity contribution in [3.05, 3.63) is 32.9 Å². The SMILES string of the molecule is Cc1c(I)cccc1C(=O)N1CCNC(C)C1.Cl. The van der Waals surface area contributed by atoms with Crippen LogP contribution in [-0.4, -0.2) is 36.5 Å². The van der Waals surface area contributed by atoms with Crippen molar-refractivity contribution in [3.8, 4) is 0 Å². The van der Waals surface area contributed by atoms with Crippen molar-refractivity contribution in [2.45, 2.75) is 19.9 Å². The number of halogens is 2. The summed E-state index contributed by atoms with van der Waals surface area (Å²) in [7, 11) is 0. The first-order valence-corrected chi connectivity index (χ1v) is 6.95. The van der Waals surface area contributed by atoms with Gasteiger partial charge in [-0.25, -0.2) is 0 Å². The minimum absolute atomic E-state index is 0. The van der Waals surface area contributed by atoms with Gasteiger partial charge in [0.1, 0.15) is 0 Å². The van der Waals surface area contributed by atoms with E-state index in [1.807, 2.05) is 30.0 Å². The van der Waals surface area contributed by atoms with Crippen molar-refractivity contribution < 1.29 is 4.79 Å². The molecule has 0 saturated carbocycles. The highest BCUT2D eigenvalue weighted by Crippen LogP contribution is 2.18. The van der Waals surface area contributed by atoms with E-state index in [4.69, 9.17) is 0 Å². The van der Waals surface area contributed by atoms with Crippen LogP contribution >= 0.6 is 35.0 Å². The monoisotopic (exact) mass is 380 g/mol. The molecule has 2 rings (SSSR count). The summed E-state index contributed by atoms with van der Waals surface area (Å²) >= 11 is 2.28. The van der Waals surface area contributed by atoms with Crippen LogP contribution in [0.4, 0.5) is 0 Å². The van der Waals surface area contributed by atoms with E-state index in [-0.39, 0.29) is 18.3 Å². The Labute approximate surface area is 128 Å². The van der Waals surface area contributed by atoms with Gasteiger partial charge in [0.2, 0.25) is 0 Å². The van der Waals surface area contributed by atoms with Crippen LogP contribution < -0.4 is 5.32 Å². The number of rotatable bonds is 1. The van der Waals surface area contributed by atoms with Gasteiger partial charge in [-0.05, 0) is 54.1 Å². The Morgan fingerprint density at radius 3 is 2.89 bits per heavy atom. The minimum Gasteiger partial charge on any atom is -0.336 e. The molecule has 3 nitrogen and oxygen atoms in total. The van der Waals surface area contributed by atoms with Crippen LogP contribution in [-0.2, 0) is 0 Å². The Hall–Kier alpha value is -0.330. The summed E-state index contributed by atoms with van der Waals surface area (Å²) in [4.78, 5) is 14.4. The number of amides is 1. The second-order valence-electron chi connectivity index (χ2n) is 4.52. The number of carbonyl (C=O) groups excluding carboxylic acids is 1. The van der Waals surface area contributed by atoms with Gasteiger partial charge in [0.15, 0.2) is 0 Å². The zero-order valence-corrected chi connectivity index (χ0v) is 13.5. The van der Waals surface area contributed by atoms with Crippen LogP contribution in [0.2, 0.25) is 0 Å². The summed E-state index contributed by atoms with van der Waals surface area (Å²) in [6.07, 6.45) is 0. The predicted octanol–water partition coefficient (Wildman–Crippen LogP) is 2.46. The summed E-state index contributed by atoms with van der Waals surface area (Å²) in [5, 5.41) is 3.35. The van der Waals surface area contributed by atoms with Crippen molar-refractivity contribution in [3.63, 3.8) is 0 Å². The normalized spacial score (nSPS) is 19.3. The van der Waals surface area contributed by atoms with E-state index in [0.29, 0.717) is 6.04 Å². The van der Waals surface area contributed by atoms with Crippen LogP contribution in [0.15, 0.2) is 18.2 Å². The maximum atomic E-state index is 12.4. The molecule has 1 aliphatic rings. The quantitative estimate of drug-likeness (QED) is 0.759. The molecule has 0 spiro atoms. The molecule has 0 aliphatic carbocycles. The van der Waals surface area contributed by atoms with Gasteiger partial charge in [0, 0.05) is 34.8 Å². The van der Waals surface area contributed by atoms with E-state index in [9.17, 15) is 4.79 Å². The largest absolute Gasteiger partial charge is 0.336 e. The summed E-state index contributed by atoms with van der Waals surface area (Å²) in [6, 6.07) is 6.29. The lowest BCUT2D eigenvalue weighted by Crippen LogP contribution is -2.51. The van der Waals surface area contributed by atoms with Crippen molar-refractivity contribution in [2.75, 3.05) is 19.6 Å². The van der Waals surface area contributed by atoms with Crippen LogP contribution in [0.25, 0.3) is 0 Å². The third-order valence-electron chi connectivity index (χ3n) is 3.15. The molecule has 1 atom stereocenters. The fourth-order valence-electron chi connectivity index (χ4n) is 2.13. The lowest BCUT2D eigenvalue weighted by atomic mass is 10.1. The topological polar surface area (TPSA) is 32.3 Å². The average molecular weight is 381 g/mol. The maximum absolute atomic E-state index is 12.4. The van der Waals surface area contributed by atoms with E-state index in [2.05, 4.69) is 34.8 Å². The van der Waals surface area contributed by atoms with Crippen molar-refractivity contribution in [1.29, 1.82) is 0 Å². The fourth-order valence-corrected chi connectivity index (χ4v) is 2.62. The summed E-state index contributed by atoms with van der Waals surface area (Å²) in [5.74, 6) is 0.161. The van der Waals surface area contributed by atoms with Gasteiger partial charge in [-0.1, -0.05) is 6.07 Å². The molecule has 0 radical (unpaired) electrons. The predicted molar refractivity (Wildman–Crippen MR) is 84.5 cm³/mol. The van der Waals surface area contributed by atoms with Gasteiger partial charge < -0.3 is 10.2 Å². The van der Waals surface area contributed by atoms with Gasteiger partial charge in [0.05, 0.1) is 0 Å². The number of hydrogen-bond acceptors (Lipinski definition) is 2. The minimum atomic E-state index is 0. The fraction of sp³-hybridized carbons (Fsp3) is 0.462. The molecular weight excluding hydrogens is 363 g/mol. The molecule has 1 aliphatic heterocycles. The van der Waals surface area contributed by atoms with Crippen LogP contribution in [0, 0.1) is 10.5 Å². The third kappa shape index (κ3) is 3.36. The Morgan fingerprint density at radius 2 is 2.22 bits per heavy atom. The third-order valence-corrected chi connectivity index (χ3v) is 4.32. The first-order chi connectivity index (χ1) is 8.09. The van der Waals surface area contributed by atoms with Gasteiger partial charge in [-0.2, -0.15) is 0 Å². The lowest BCUT2D eigenvalue weighted by molar-refractivity contribution is 0.0708. The second kappa shape index (κ2) is 6.73. The first-order valence-electron chi connectivity index (χ1n) is 5.87. The van der Waals surface area contributed by atoms with E-state index in [1.54, 1.807) is 0 Å². The van der Waals surface area contributed by atoms with E-state index >= 15 is 0 Å². The number of piperazine rings is 1. The Bertz CT molecular complexity index is 439. The smallest absolute Gasteiger partial charge is 0.254 e. The Kier molecular flexibility index (Phi) is 5.88. The zero-order valence-electron chi connectivity index (χ0n) is 10.6. The summed E-state index contributed by atoms with van der Waals surface area (Å²) < 4.78 is 1.15. The Morgan fingerprint density at radius 1 is 1.50 bits per heavy atom. The van der Waals surface area contributed by atoms with Gasteiger partial charge in [0.25, 0.3) is 5.91 Å². The van der Waals surface area contributed by atoms with E-state index < -0.39 is 0 Å². The molecular formula is C13H18ClIN2O. The lowest BCUT2D eigenvalue weighted by Gasteiger charge is -2.32. The molecule has 0 aromatic heterocycles. The van der Waals surface area contributed by atoms with Gasteiger partial charge in [-0.3, -0.25) is 4.79 Å². The molecule has 1 fully saturated rings. The highest BCUT2D eigenvalue weighted by atomic mass is 127. The maximum Gasteiger partial charge on any atom is 0.254 e.